The monoisotopic (exact) mass is 219 g/mol. The standard InChI is InChI=1S/C11H13N3O2/c12-14-11-9(3-1-5-13-11)7-15-8-10-4-2-6-16-10/h1-6H,7-8,12H2,(H,13,14). The Morgan fingerprint density at radius 2 is 2.25 bits per heavy atom. The van der Waals surface area contributed by atoms with Gasteiger partial charge in [0.05, 0.1) is 12.9 Å². The van der Waals surface area contributed by atoms with Crippen LogP contribution < -0.4 is 11.3 Å². The predicted molar refractivity (Wildman–Crippen MR) is 59.2 cm³/mol. The first-order valence-corrected chi connectivity index (χ1v) is 4.91. The SMILES string of the molecule is NNc1ncccc1COCc1ccco1. The van der Waals surface area contributed by atoms with Crippen LogP contribution in [0.4, 0.5) is 5.82 Å². The van der Waals surface area contributed by atoms with Gasteiger partial charge < -0.3 is 14.6 Å². The third-order valence-electron chi connectivity index (χ3n) is 2.11. The first-order chi connectivity index (χ1) is 7.90. The lowest BCUT2D eigenvalue weighted by Gasteiger charge is -2.07. The molecule has 0 saturated carbocycles. The smallest absolute Gasteiger partial charge is 0.145 e. The van der Waals surface area contributed by atoms with Gasteiger partial charge in [-0.2, -0.15) is 0 Å². The number of hydrazine groups is 1. The molecule has 2 aromatic rings. The van der Waals surface area contributed by atoms with E-state index >= 15 is 0 Å². The van der Waals surface area contributed by atoms with E-state index in [0.29, 0.717) is 19.0 Å². The minimum Gasteiger partial charge on any atom is -0.467 e. The Balaban J connectivity index is 1.89. The van der Waals surface area contributed by atoms with Gasteiger partial charge in [0.25, 0.3) is 0 Å². The molecule has 0 radical (unpaired) electrons. The Kier molecular flexibility index (Phi) is 3.53. The van der Waals surface area contributed by atoms with Crippen molar-refractivity contribution in [2.45, 2.75) is 13.2 Å². The molecule has 2 rings (SSSR count). The van der Waals surface area contributed by atoms with Crippen molar-refractivity contribution in [1.82, 2.24) is 4.98 Å². The average molecular weight is 219 g/mol. The van der Waals surface area contributed by atoms with Crippen LogP contribution in [0.1, 0.15) is 11.3 Å². The molecule has 2 aromatic heterocycles. The van der Waals surface area contributed by atoms with Gasteiger partial charge in [0, 0.05) is 11.8 Å². The van der Waals surface area contributed by atoms with Gasteiger partial charge in [-0.15, -0.1) is 0 Å². The topological polar surface area (TPSA) is 73.3 Å². The number of anilines is 1. The lowest BCUT2D eigenvalue weighted by Crippen LogP contribution is -2.11. The van der Waals surface area contributed by atoms with Crippen LogP contribution in [0.5, 0.6) is 0 Å². The van der Waals surface area contributed by atoms with Crippen LogP contribution in [-0.4, -0.2) is 4.98 Å². The van der Waals surface area contributed by atoms with E-state index in [1.807, 2.05) is 24.3 Å². The lowest BCUT2D eigenvalue weighted by molar-refractivity contribution is 0.0931. The van der Waals surface area contributed by atoms with E-state index in [0.717, 1.165) is 11.3 Å². The molecule has 0 aliphatic heterocycles. The van der Waals surface area contributed by atoms with Crippen molar-refractivity contribution in [3.63, 3.8) is 0 Å². The average Bonchev–Trinajstić information content (AvgIpc) is 2.83. The van der Waals surface area contributed by atoms with Crippen molar-refractivity contribution in [2.24, 2.45) is 5.84 Å². The van der Waals surface area contributed by atoms with Crippen LogP contribution in [-0.2, 0) is 18.0 Å². The van der Waals surface area contributed by atoms with Gasteiger partial charge in [0.1, 0.15) is 18.2 Å². The van der Waals surface area contributed by atoms with Gasteiger partial charge in [0.2, 0.25) is 0 Å². The molecule has 5 nitrogen and oxygen atoms in total. The van der Waals surface area contributed by atoms with Gasteiger partial charge in [-0.25, -0.2) is 10.8 Å². The fourth-order valence-electron chi connectivity index (χ4n) is 1.34. The molecule has 0 spiro atoms. The highest BCUT2D eigenvalue weighted by molar-refractivity contribution is 5.41. The van der Waals surface area contributed by atoms with Crippen LogP contribution in [0.25, 0.3) is 0 Å². The first kappa shape index (κ1) is 10.7. The van der Waals surface area contributed by atoms with Gasteiger partial charge in [-0.05, 0) is 18.2 Å². The normalized spacial score (nSPS) is 10.3. The minimum absolute atomic E-state index is 0.436. The zero-order valence-electron chi connectivity index (χ0n) is 8.72. The summed E-state index contributed by atoms with van der Waals surface area (Å²) in [7, 11) is 0. The summed E-state index contributed by atoms with van der Waals surface area (Å²) in [6.45, 7) is 0.875. The number of hydrogen-bond donors (Lipinski definition) is 2. The van der Waals surface area contributed by atoms with Crippen molar-refractivity contribution in [3.8, 4) is 0 Å². The second-order valence-corrected chi connectivity index (χ2v) is 3.23. The summed E-state index contributed by atoms with van der Waals surface area (Å²) in [5.41, 5.74) is 3.44. The maximum absolute atomic E-state index is 5.48. The summed E-state index contributed by atoms with van der Waals surface area (Å²) >= 11 is 0. The highest BCUT2D eigenvalue weighted by Gasteiger charge is 2.02. The largest absolute Gasteiger partial charge is 0.467 e. The van der Waals surface area contributed by atoms with Crippen LogP contribution in [0.2, 0.25) is 0 Å². The van der Waals surface area contributed by atoms with Crippen molar-refractivity contribution in [2.75, 3.05) is 5.43 Å². The molecular formula is C11H13N3O2. The Labute approximate surface area is 93.2 Å². The molecule has 84 valence electrons. The molecule has 5 heteroatoms. The Hall–Kier alpha value is -1.85. The molecule has 0 unspecified atom stereocenters. The van der Waals surface area contributed by atoms with Gasteiger partial charge in [-0.3, -0.25) is 0 Å². The second-order valence-electron chi connectivity index (χ2n) is 3.23. The number of nitrogens with one attached hydrogen (secondary N) is 1. The van der Waals surface area contributed by atoms with Crippen molar-refractivity contribution < 1.29 is 9.15 Å². The Bertz CT molecular complexity index is 429. The fraction of sp³-hybridized carbons (Fsp3) is 0.182. The molecule has 0 aliphatic carbocycles. The zero-order valence-corrected chi connectivity index (χ0v) is 8.72. The van der Waals surface area contributed by atoms with E-state index in [-0.39, 0.29) is 0 Å². The highest BCUT2D eigenvalue weighted by Crippen LogP contribution is 2.12. The Morgan fingerprint density at radius 3 is 3.00 bits per heavy atom. The summed E-state index contributed by atoms with van der Waals surface area (Å²) in [6.07, 6.45) is 3.29. The molecule has 0 aromatic carbocycles. The summed E-state index contributed by atoms with van der Waals surface area (Å²) in [5.74, 6) is 6.75. The molecule has 0 bridgehead atoms. The first-order valence-electron chi connectivity index (χ1n) is 4.91. The van der Waals surface area contributed by atoms with E-state index in [2.05, 4.69) is 10.4 Å². The third kappa shape index (κ3) is 2.59. The second kappa shape index (κ2) is 5.29. The molecule has 0 saturated heterocycles. The van der Waals surface area contributed by atoms with E-state index in [4.69, 9.17) is 15.0 Å². The van der Waals surface area contributed by atoms with Gasteiger partial charge in [-0.1, -0.05) is 6.07 Å². The molecule has 0 atom stereocenters. The van der Waals surface area contributed by atoms with E-state index in [1.54, 1.807) is 12.5 Å². The minimum atomic E-state index is 0.436. The van der Waals surface area contributed by atoms with Gasteiger partial charge in [0.15, 0.2) is 0 Å². The van der Waals surface area contributed by atoms with Crippen LogP contribution in [0.3, 0.4) is 0 Å². The van der Waals surface area contributed by atoms with E-state index < -0.39 is 0 Å². The number of pyridine rings is 1. The van der Waals surface area contributed by atoms with Crippen LogP contribution in [0, 0.1) is 0 Å². The highest BCUT2D eigenvalue weighted by atomic mass is 16.5. The van der Waals surface area contributed by atoms with Gasteiger partial charge >= 0.3 is 0 Å². The number of ether oxygens (including phenoxy) is 1. The number of hydrogen-bond acceptors (Lipinski definition) is 5. The number of nitrogens with zero attached hydrogens (tertiary/aromatic N) is 1. The van der Waals surface area contributed by atoms with Crippen LogP contribution >= 0.6 is 0 Å². The van der Waals surface area contributed by atoms with E-state index in [9.17, 15) is 0 Å². The molecule has 16 heavy (non-hydrogen) atoms. The number of nitrogens with two attached hydrogens (primary N) is 1. The number of nitrogen functional groups attached to an aromatic ring is 1. The number of furan rings is 1. The lowest BCUT2D eigenvalue weighted by atomic mass is 10.3. The molecular weight excluding hydrogens is 206 g/mol. The molecule has 0 fully saturated rings. The maximum atomic E-state index is 5.48. The fourth-order valence-corrected chi connectivity index (χ4v) is 1.34. The van der Waals surface area contributed by atoms with Crippen molar-refractivity contribution in [3.05, 3.63) is 48.0 Å². The summed E-state index contributed by atoms with van der Waals surface area (Å²) < 4.78 is 10.6. The quantitative estimate of drug-likeness (QED) is 0.591. The van der Waals surface area contributed by atoms with Crippen molar-refractivity contribution >= 4 is 5.82 Å². The molecule has 0 aliphatic rings. The van der Waals surface area contributed by atoms with Crippen molar-refractivity contribution in [1.29, 1.82) is 0 Å². The number of aromatic nitrogens is 1. The Morgan fingerprint density at radius 1 is 1.31 bits per heavy atom. The van der Waals surface area contributed by atoms with Crippen LogP contribution in [0.15, 0.2) is 41.1 Å². The number of rotatable bonds is 5. The zero-order chi connectivity index (χ0) is 11.2. The van der Waals surface area contributed by atoms with E-state index in [1.165, 1.54) is 0 Å². The summed E-state index contributed by atoms with van der Waals surface area (Å²) in [5, 5.41) is 0. The maximum Gasteiger partial charge on any atom is 0.145 e. The third-order valence-corrected chi connectivity index (χ3v) is 2.11. The summed E-state index contributed by atoms with van der Waals surface area (Å²) in [4.78, 5) is 4.07. The molecule has 2 heterocycles. The molecule has 0 amide bonds. The molecule has 3 N–H and O–H groups in total. The predicted octanol–water partition coefficient (Wildman–Crippen LogP) is 1.68. The summed E-state index contributed by atoms with van der Waals surface area (Å²) in [6, 6.07) is 7.44.